The van der Waals surface area contributed by atoms with Gasteiger partial charge in [0.25, 0.3) is 0 Å². The number of halogens is 3. The van der Waals surface area contributed by atoms with Crippen LogP contribution in [0.15, 0.2) is 65.7 Å². The first-order valence-electron chi connectivity index (χ1n) is 11.2. The van der Waals surface area contributed by atoms with Crippen LogP contribution in [0.2, 0.25) is 0 Å². The van der Waals surface area contributed by atoms with Crippen molar-refractivity contribution in [2.24, 2.45) is 4.99 Å². The fraction of sp³-hybridized carbons (Fsp3) is 0.269. The first-order chi connectivity index (χ1) is 16.8. The molecule has 5 rings (SSSR count). The van der Waals surface area contributed by atoms with Gasteiger partial charge < -0.3 is 19.3 Å². The normalized spacial score (nSPS) is 19.4. The Morgan fingerprint density at radius 1 is 1.06 bits per heavy atom. The minimum Gasteiger partial charge on any atom is -0.504 e. The zero-order chi connectivity index (χ0) is 24.6. The SMILES string of the molecule is CCOc1cccc([C@H]2CC(c3ccc4c(c3)OCO4)=N[C@H](c3ccc(C(F)(F)F)cc3)N2)c1O. The Hall–Kier alpha value is -3.72. The third-order valence-electron chi connectivity index (χ3n) is 6.01. The van der Waals surface area contributed by atoms with Crippen LogP contribution < -0.4 is 19.5 Å². The summed E-state index contributed by atoms with van der Waals surface area (Å²) in [7, 11) is 0. The van der Waals surface area contributed by atoms with Gasteiger partial charge in [-0.3, -0.25) is 10.3 Å². The number of hydrogen-bond acceptors (Lipinski definition) is 6. The molecule has 9 heteroatoms. The van der Waals surface area contributed by atoms with Crippen molar-refractivity contribution in [2.75, 3.05) is 13.4 Å². The number of phenols is 1. The molecule has 0 fully saturated rings. The summed E-state index contributed by atoms with van der Waals surface area (Å²) in [4.78, 5) is 4.82. The number of para-hydroxylation sites is 1. The zero-order valence-corrected chi connectivity index (χ0v) is 18.8. The van der Waals surface area contributed by atoms with E-state index in [2.05, 4.69) is 5.32 Å². The van der Waals surface area contributed by atoms with Crippen molar-refractivity contribution in [1.82, 2.24) is 5.32 Å². The number of nitrogens with one attached hydrogen (secondary N) is 1. The molecule has 2 N–H and O–H groups in total. The van der Waals surface area contributed by atoms with Gasteiger partial charge in [0.2, 0.25) is 6.79 Å². The monoisotopic (exact) mass is 484 g/mol. The Kier molecular flexibility index (Phi) is 6.02. The zero-order valence-electron chi connectivity index (χ0n) is 18.8. The highest BCUT2D eigenvalue weighted by atomic mass is 19.4. The highest BCUT2D eigenvalue weighted by Crippen LogP contribution is 2.40. The molecule has 0 radical (unpaired) electrons. The third-order valence-corrected chi connectivity index (χ3v) is 6.01. The number of aliphatic imine (C=N–C) groups is 1. The van der Waals surface area contributed by atoms with Crippen LogP contribution in [-0.2, 0) is 6.18 Å². The van der Waals surface area contributed by atoms with Crippen LogP contribution in [0, 0.1) is 0 Å². The van der Waals surface area contributed by atoms with E-state index in [0.717, 1.165) is 23.4 Å². The van der Waals surface area contributed by atoms with E-state index in [1.807, 2.05) is 19.1 Å². The maximum absolute atomic E-state index is 13.1. The van der Waals surface area contributed by atoms with Crippen LogP contribution in [0.5, 0.6) is 23.0 Å². The number of hydrogen-bond donors (Lipinski definition) is 2. The molecule has 2 atom stereocenters. The van der Waals surface area contributed by atoms with Gasteiger partial charge in [-0.05, 0) is 54.4 Å². The third kappa shape index (κ3) is 4.64. The minimum absolute atomic E-state index is 0.0185. The molecule has 0 unspecified atom stereocenters. The van der Waals surface area contributed by atoms with Crippen molar-refractivity contribution in [2.45, 2.75) is 31.7 Å². The van der Waals surface area contributed by atoms with Crippen molar-refractivity contribution in [3.05, 3.63) is 82.9 Å². The molecule has 3 aromatic rings. The highest BCUT2D eigenvalue weighted by Gasteiger charge is 2.32. The lowest BCUT2D eigenvalue weighted by Crippen LogP contribution is -2.33. The first kappa shape index (κ1) is 23.0. The van der Waals surface area contributed by atoms with Gasteiger partial charge in [-0.1, -0.05) is 24.3 Å². The van der Waals surface area contributed by atoms with Crippen LogP contribution in [0.1, 0.15) is 47.8 Å². The van der Waals surface area contributed by atoms with E-state index < -0.39 is 17.9 Å². The predicted molar refractivity (Wildman–Crippen MR) is 123 cm³/mol. The summed E-state index contributed by atoms with van der Waals surface area (Å²) < 4.78 is 55.7. The fourth-order valence-electron chi connectivity index (χ4n) is 4.27. The van der Waals surface area contributed by atoms with Crippen LogP contribution in [0.4, 0.5) is 13.2 Å². The summed E-state index contributed by atoms with van der Waals surface area (Å²) in [6.45, 7) is 2.37. The van der Waals surface area contributed by atoms with Crippen molar-refractivity contribution >= 4 is 5.71 Å². The quantitative estimate of drug-likeness (QED) is 0.482. The predicted octanol–water partition coefficient (Wildman–Crippen LogP) is 5.76. The van der Waals surface area contributed by atoms with Gasteiger partial charge in [-0.25, -0.2) is 0 Å². The molecule has 0 aliphatic carbocycles. The molecule has 2 aliphatic heterocycles. The van der Waals surface area contributed by atoms with Gasteiger partial charge in [0.05, 0.1) is 12.2 Å². The van der Waals surface area contributed by atoms with Crippen molar-refractivity contribution in [3.8, 4) is 23.0 Å². The van der Waals surface area contributed by atoms with Gasteiger partial charge in [0, 0.05) is 23.7 Å². The smallest absolute Gasteiger partial charge is 0.416 e. The number of aromatic hydroxyl groups is 1. The van der Waals surface area contributed by atoms with E-state index in [1.54, 1.807) is 24.3 Å². The van der Waals surface area contributed by atoms with Gasteiger partial charge in [-0.2, -0.15) is 13.2 Å². The van der Waals surface area contributed by atoms with Gasteiger partial charge in [0.15, 0.2) is 23.0 Å². The molecule has 0 amide bonds. The number of ether oxygens (including phenoxy) is 3. The van der Waals surface area contributed by atoms with Crippen LogP contribution in [0.3, 0.4) is 0 Å². The maximum Gasteiger partial charge on any atom is 0.416 e. The Bertz CT molecular complexity index is 1260. The number of alkyl halides is 3. The second-order valence-electron chi connectivity index (χ2n) is 8.22. The van der Waals surface area contributed by atoms with Gasteiger partial charge in [0.1, 0.15) is 6.17 Å². The minimum atomic E-state index is -4.42. The largest absolute Gasteiger partial charge is 0.504 e. The molecule has 0 spiro atoms. The molecule has 3 aromatic carbocycles. The Morgan fingerprint density at radius 3 is 2.57 bits per heavy atom. The fourth-order valence-corrected chi connectivity index (χ4v) is 4.27. The van der Waals surface area contributed by atoms with Crippen LogP contribution >= 0.6 is 0 Å². The molecule has 182 valence electrons. The number of rotatable bonds is 5. The van der Waals surface area contributed by atoms with E-state index in [4.69, 9.17) is 19.2 Å². The van der Waals surface area contributed by atoms with Crippen LogP contribution in [-0.4, -0.2) is 24.2 Å². The summed E-state index contributed by atoms with van der Waals surface area (Å²) in [6, 6.07) is 15.3. The lowest BCUT2D eigenvalue weighted by atomic mass is 9.93. The van der Waals surface area contributed by atoms with E-state index in [1.165, 1.54) is 12.1 Å². The molecule has 0 saturated heterocycles. The number of nitrogens with zero attached hydrogens (tertiary/aromatic N) is 1. The van der Waals surface area contributed by atoms with E-state index >= 15 is 0 Å². The van der Waals surface area contributed by atoms with Crippen molar-refractivity contribution < 1.29 is 32.5 Å². The number of fused-ring (bicyclic) bond motifs is 1. The summed E-state index contributed by atoms with van der Waals surface area (Å²) in [5.74, 6) is 1.63. The van der Waals surface area contributed by atoms with E-state index in [0.29, 0.717) is 41.4 Å². The molecule has 35 heavy (non-hydrogen) atoms. The number of phenolic OH excluding ortho intramolecular Hbond substituents is 1. The molecule has 2 heterocycles. The summed E-state index contributed by atoms with van der Waals surface area (Å²) in [5, 5.41) is 14.2. The Morgan fingerprint density at radius 2 is 1.83 bits per heavy atom. The Balaban J connectivity index is 1.54. The lowest BCUT2D eigenvalue weighted by molar-refractivity contribution is -0.137. The summed E-state index contributed by atoms with van der Waals surface area (Å²) >= 11 is 0. The Labute approximate surface area is 200 Å². The standard InChI is InChI=1S/C26H23F3N2O4/c1-2-33-22-5-3-4-18(24(22)32)20-13-19(16-8-11-21-23(12-16)35-14-34-21)30-25(31-20)15-6-9-17(10-7-15)26(27,28)29/h3-12,20,25,31-32H,2,13-14H2,1H3/t20-,25+/m1/s1. The highest BCUT2D eigenvalue weighted by molar-refractivity contribution is 6.02. The van der Waals surface area contributed by atoms with Crippen LogP contribution in [0.25, 0.3) is 0 Å². The van der Waals surface area contributed by atoms with Gasteiger partial charge >= 0.3 is 6.18 Å². The molecule has 0 aromatic heterocycles. The van der Waals surface area contributed by atoms with E-state index in [9.17, 15) is 18.3 Å². The average molecular weight is 484 g/mol. The molecule has 6 nitrogen and oxygen atoms in total. The van der Waals surface area contributed by atoms with Crippen molar-refractivity contribution in [1.29, 1.82) is 0 Å². The summed E-state index contributed by atoms with van der Waals surface area (Å²) in [5.41, 5.74) is 1.98. The second kappa shape index (κ2) is 9.14. The molecular weight excluding hydrogens is 461 g/mol. The average Bonchev–Trinajstić information content (AvgIpc) is 3.33. The molecular formula is C26H23F3N2O4. The summed E-state index contributed by atoms with van der Waals surface area (Å²) in [6.07, 6.45) is -4.63. The van der Waals surface area contributed by atoms with Crippen molar-refractivity contribution in [3.63, 3.8) is 0 Å². The lowest BCUT2D eigenvalue weighted by Gasteiger charge is -2.31. The second-order valence-corrected chi connectivity index (χ2v) is 8.22. The molecule has 0 saturated carbocycles. The number of benzene rings is 3. The van der Waals surface area contributed by atoms with E-state index in [-0.39, 0.29) is 18.6 Å². The molecule has 2 aliphatic rings. The van der Waals surface area contributed by atoms with Gasteiger partial charge in [-0.15, -0.1) is 0 Å². The first-order valence-corrected chi connectivity index (χ1v) is 11.2. The topological polar surface area (TPSA) is 72.3 Å². The maximum atomic E-state index is 13.1. The molecule has 0 bridgehead atoms.